The lowest BCUT2D eigenvalue weighted by Crippen LogP contribution is -2.21. The quantitative estimate of drug-likeness (QED) is 0.914. The highest BCUT2D eigenvalue weighted by molar-refractivity contribution is 7.12. The van der Waals surface area contributed by atoms with Crippen LogP contribution in [0.3, 0.4) is 0 Å². The van der Waals surface area contributed by atoms with Gasteiger partial charge >= 0.3 is 0 Å². The summed E-state index contributed by atoms with van der Waals surface area (Å²) in [4.78, 5) is 5.95. The molecule has 0 radical (unpaired) electrons. The molecule has 1 N–H and O–H groups in total. The van der Waals surface area contributed by atoms with E-state index in [1.165, 1.54) is 16.0 Å². The predicted molar refractivity (Wildman–Crippen MR) is 77.1 cm³/mol. The Morgan fingerprint density at radius 2 is 1.89 bits per heavy atom. The summed E-state index contributed by atoms with van der Waals surface area (Å²) in [6.07, 6.45) is 0. The average Bonchev–Trinajstić information content (AvgIpc) is 2.73. The second-order valence-electron chi connectivity index (χ2n) is 5.28. The van der Waals surface area contributed by atoms with Crippen molar-refractivity contribution in [3.05, 3.63) is 39.7 Å². The van der Waals surface area contributed by atoms with Gasteiger partial charge in [0.25, 0.3) is 0 Å². The van der Waals surface area contributed by atoms with E-state index in [0.717, 1.165) is 10.7 Å². The van der Waals surface area contributed by atoms with Crippen LogP contribution in [0.5, 0.6) is 0 Å². The molecule has 0 aliphatic rings. The Morgan fingerprint density at radius 3 is 2.50 bits per heavy atom. The van der Waals surface area contributed by atoms with Crippen molar-refractivity contribution in [1.29, 1.82) is 0 Å². The second kappa shape index (κ2) is 4.82. The van der Waals surface area contributed by atoms with Gasteiger partial charge in [-0.3, -0.25) is 0 Å². The van der Waals surface area contributed by atoms with Gasteiger partial charge in [-0.15, -0.1) is 11.3 Å². The van der Waals surface area contributed by atoms with E-state index in [9.17, 15) is 5.11 Å². The van der Waals surface area contributed by atoms with Gasteiger partial charge in [0.1, 0.15) is 5.01 Å². The molecule has 0 amide bonds. The maximum absolute atomic E-state index is 9.44. The van der Waals surface area contributed by atoms with E-state index in [-0.39, 0.29) is 12.0 Å². The molecule has 0 saturated carbocycles. The summed E-state index contributed by atoms with van der Waals surface area (Å²) in [5, 5.41) is 10.4. The van der Waals surface area contributed by atoms with Gasteiger partial charge in [0.05, 0.1) is 12.3 Å². The van der Waals surface area contributed by atoms with Gasteiger partial charge in [-0.2, -0.15) is 0 Å². The van der Waals surface area contributed by atoms with Crippen LogP contribution in [0.1, 0.15) is 29.3 Å². The predicted octanol–water partition coefficient (Wildman–Crippen LogP) is 3.70. The lowest BCUT2D eigenvalue weighted by molar-refractivity contribution is 0.218. The van der Waals surface area contributed by atoms with E-state index < -0.39 is 0 Å². The number of benzene rings is 1. The molecule has 18 heavy (non-hydrogen) atoms. The van der Waals surface area contributed by atoms with Crippen LogP contribution < -0.4 is 0 Å². The standard InChI is InChI=1S/C15H19NOS/c1-10-7-5-6-8-12(10)13-11(2)18-14(16-13)15(3,4)9-17/h5-8,17H,9H2,1-4H3. The third kappa shape index (κ3) is 2.33. The lowest BCUT2D eigenvalue weighted by atomic mass is 9.96. The zero-order chi connectivity index (χ0) is 13.3. The van der Waals surface area contributed by atoms with Crippen LogP contribution >= 0.6 is 11.3 Å². The topological polar surface area (TPSA) is 33.1 Å². The molecule has 0 aliphatic carbocycles. The number of aromatic nitrogens is 1. The summed E-state index contributed by atoms with van der Waals surface area (Å²) in [5.74, 6) is 0. The number of hydrogen-bond donors (Lipinski definition) is 1. The number of aliphatic hydroxyl groups excluding tert-OH is 1. The van der Waals surface area contributed by atoms with Crippen LogP contribution in [0, 0.1) is 13.8 Å². The monoisotopic (exact) mass is 261 g/mol. The molecule has 1 heterocycles. The molecule has 1 aromatic carbocycles. The van der Waals surface area contributed by atoms with Crippen molar-refractivity contribution in [3.8, 4) is 11.3 Å². The first-order chi connectivity index (χ1) is 8.45. The molecule has 96 valence electrons. The first-order valence-corrected chi connectivity index (χ1v) is 6.92. The third-order valence-corrected chi connectivity index (χ3v) is 4.51. The number of thiazole rings is 1. The van der Waals surface area contributed by atoms with Gasteiger partial charge in [0.2, 0.25) is 0 Å². The molecule has 0 unspecified atom stereocenters. The summed E-state index contributed by atoms with van der Waals surface area (Å²) in [7, 11) is 0. The van der Waals surface area contributed by atoms with E-state index in [1.54, 1.807) is 11.3 Å². The van der Waals surface area contributed by atoms with Crippen LogP contribution in [0.25, 0.3) is 11.3 Å². The fourth-order valence-electron chi connectivity index (χ4n) is 1.84. The summed E-state index contributed by atoms with van der Waals surface area (Å²) in [6.45, 7) is 8.36. The highest BCUT2D eigenvalue weighted by atomic mass is 32.1. The van der Waals surface area contributed by atoms with E-state index in [1.807, 2.05) is 26.0 Å². The van der Waals surface area contributed by atoms with Gasteiger partial charge in [0, 0.05) is 15.9 Å². The van der Waals surface area contributed by atoms with Crippen molar-refractivity contribution in [2.24, 2.45) is 0 Å². The van der Waals surface area contributed by atoms with E-state index in [2.05, 4.69) is 26.0 Å². The van der Waals surface area contributed by atoms with Crippen molar-refractivity contribution in [1.82, 2.24) is 4.98 Å². The zero-order valence-corrected chi connectivity index (χ0v) is 12.1. The van der Waals surface area contributed by atoms with Crippen LogP contribution in [0.2, 0.25) is 0 Å². The molecule has 0 saturated heterocycles. The molecule has 1 aromatic heterocycles. The van der Waals surface area contributed by atoms with Crippen LogP contribution in [-0.2, 0) is 5.41 Å². The fraction of sp³-hybridized carbons (Fsp3) is 0.400. The number of hydrogen-bond acceptors (Lipinski definition) is 3. The highest BCUT2D eigenvalue weighted by Crippen LogP contribution is 2.34. The molecule has 0 aliphatic heterocycles. The molecule has 2 nitrogen and oxygen atoms in total. The minimum atomic E-state index is -0.267. The molecule has 2 rings (SSSR count). The molecule has 0 atom stereocenters. The minimum absolute atomic E-state index is 0.118. The average molecular weight is 261 g/mol. The minimum Gasteiger partial charge on any atom is -0.395 e. The Labute approximate surface area is 112 Å². The zero-order valence-electron chi connectivity index (χ0n) is 11.3. The maximum Gasteiger partial charge on any atom is 0.101 e. The van der Waals surface area contributed by atoms with Gasteiger partial charge in [-0.05, 0) is 19.4 Å². The maximum atomic E-state index is 9.44. The summed E-state index contributed by atoms with van der Waals surface area (Å²) in [5.41, 5.74) is 3.20. The first-order valence-electron chi connectivity index (χ1n) is 6.10. The number of aliphatic hydroxyl groups is 1. The molecule has 0 spiro atoms. The Hall–Kier alpha value is -1.19. The van der Waals surface area contributed by atoms with Crippen molar-refractivity contribution in [2.75, 3.05) is 6.61 Å². The van der Waals surface area contributed by atoms with Crippen LogP contribution in [0.4, 0.5) is 0 Å². The molecule has 0 bridgehead atoms. The van der Waals surface area contributed by atoms with E-state index in [0.29, 0.717) is 0 Å². The van der Waals surface area contributed by atoms with Gasteiger partial charge in [0.15, 0.2) is 0 Å². The van der Waals surface area contributed by atoms with Crippen molar-refractivity contribution in [3.63, 3.8) is 0 Å². The normalized spacial score (nSPS) is 11.8. The van der Waals surface area contributed by atoms with Crippen LogP contribution in [0.15, 0.2) is 24.3 Å². The fourth-order valence-corrected chi connectivity index (χ4v) is 2.86. The van der Waals surface area contributed by atoms with Crippen molar-refractivity contribution >= 4 is 11.3 Å². The highest BCUT2D eigenvalue weighted by Gasteiger charge is 2.25. The Morgan fingerprint density at radius 1 is 1.22 bits per heavy atom. The Kier molecular flexibility index (Phi) is 3.55. The molecular weight excluding hydrogens is 242 g/mol. The Balaban J connectivity index is 2.52. The van der Waals surface area contributed by atoms with Crippen molar-refractivity contribution < 1.29 is 5.11 Å². The van der Waals surface area contributed by atoms with E-state index in [4.69, 9.17) is 4.98 Å². The summed E-state index contributed by atoms with van der Waals surface area (Å²) >= 11 is 1.68. The van der Waals surface area contributed by atoms with Crippen LogP contribution in [-0.4, -0.2) is 16.7 Å². The van der Waals surface area contributed by atoms with Gasteiger partial charge < -0.3 is 5.11 Å². The number of nitrogens with zero attached hydrogens (tertiary/aromatic N) is 1. The molecule has 0 fully saturated rings. The molecular formula is C15H19NOS. The first kappa shape index (κ1) is 13.2. The van der Waals surface area contributed by atoms with Gasteiger partial charge in [-0.25, -0.2) is 4.98 Å². The Bertz CT molecular complexity index is 557. The second-order valence-corrected chi connectivity index (χ2v) is 6.48. The van der Waals surface area contributed by atoms with Gasteiger partial charge in [-0.1, -0.05) is 38.1 Å². The number of rotatable bonds is 3. The smallest absolute Gasteiger partial charge is 0.101 e. The third-order valence-electron chi connectivity index (χ3n) is 3.17. The van der Waals surface area contributed by atoms with Crippen molar-refractivity contribution in [2.45, 2.75) is 33.1 Å². The van der Waals surface area contributed by atoms with E-state index >= 15 is 0 Å². The molecule has 2 aromatic rings. The summed E-state index contributed by atoms with van der Waals surface area (Å²) in [6, 6.07) is 8.29. The lowest BCUT2D eigenvalue weighted by Gasteiger charge is -2.17. The number of aryl methyl sites for hydroxylation is 2. The summed E-state index contributed by atoms with van der Waals surface area (Å²) < 4.78 is 0. The molecule has 3 heteroatoms. The largest absolute Gasteiger partial charge is 0.395 e. The SMILES string of the molecule is Cc1ccccc1-c1nc(C(C)(C)CO)sc1C.